The Kier molecular flexibility index (Phi) is 8.67. The average Bonchev–Trinajstić information content (AvgIpc) is 3.70. The molecule has 4 aromatic rings. The minimum Gasteiger partial charge on any atom is -0.493 e. The fraction of sp³-hybridized carbons (Fsp3) is 0.357. The topological polar surface area (TPSA) is 127 Å². The predicted octanol–water partition coefficient (Wildman–Crippen LogP) is 3.58. The molecule has 0 saturated heterocycles. The lowest BCUT2D eigenvalue weighted by molar-refractivity contribution is -0.116. The maximum absolute atomic E-state index is 13.4. The number of aromatic nitrogens is 4. The van der Waals surface area contributed by atoms with Crippen molar-refractivity contribution in [2.24, 2.45) is 0 Å². The summed E-state index contributed by atoms with van der Waals surface area (Å²) in [4.78, 5) is 23.4. The maximum Gasteiger partial charge on any atom is 0.246 e. The van der Waals surface area contributed by atoms with E-state index in [0.717, 1.165) is 18.4 Å². The molecule has 0 spiro atoms. The summed E-state index contributed by atoms with van der Waals surface area (Å²) < 4.78 is 26.5. The van der Waals surface area contributed by atoms with Gasteiger partial charge in [-0.15, -0.1) is 0 Å². The summed E-state index contributed by atoms with van der Waals surface area (Å²) >= 11 is 0. The molecular formula is C28H32FN7O4. The molecule has 3 N–H and O–H groups in total. The fourth-order valence-electron chi connectivity index (χ4n) is 4.50. The predicted molar refractivity (Wildman–Crippen MR) is 148 cm³/mol. The van der Waals surface area contributed by atoms with E-state index in [1.807, 2.05) is 12.1 Å². The molecule has 12 heteroatoms. The number of halogens is 1. The summed E-state index contributed by atoms with van der Waals surface area (Å²) in [6.07, 6.45) is 7.94. The second-order valence-electron chi connectivity index (χ2n) is 9.55. The lowest BCUT2D eigenvalue weighted by Gasteiger charge is -2.20. The molecule has 40 heavy (non-hydrogen) atoms. The van der Waals surface area contributed by atoms with Gasteiger partial charge in [-0.3, -0.25) is 14.4 Å². The minimum absolute atomic E-state index is 0.0460. The van der Waals surface area contributed by atoms with Crippen LogP contribution in [0.1, 0.15) is 19.3 Å². The normalized spacial score (nSPS) is 13.0. The van der Waals surface area contributed by atoms with Crippen LogP contribution in [0.4, 0.5) is 21.6 Å². The van der Waals surface area contributed by atoms with Crippen molar-refractivity contribution in [3.63, 3.8) is 0 Å². The van der Waals surface area contributed by atoms with Crippen molar-refractivity contribution < 1.29 is 23.8 Å². The number of carbonyl (C=O) groups excluding carboxylic acids is 1. The van der Waals surface area contributed by atoms with E-state index in [-0.39, 0.29) is 19.1 Å². The zero-order valence-corrected chi connectivity index (χ0v) is 22.2. The molecule has 0 bridgehead atoms. The quantitative estimate of drug-likeness (QED) is 0.202. The zero-order valence-electron chi connectivity index (χ0n) is 22.2. The highest BCUT2D eigenvalue weighted by molar-refractivity contribution is 5.93. The molecule has 0 unspecified atom stereocenters. The van der Waals surface area contributed by atoms with Crippen LogP contribution in [-0.4, -0.2) is 75.1 Å². The van der Waals surface area contributed by atoms with Gasteiger partial charge < -0.3 is 25.2 Å². The lowest BCUT2D eigenvalue weighted by atomic mass is 10.2. The zero-order chi connectivity index (χ0) is 27.9. The van der Waals surface area contributed by atoms with Crippen LogP contribution in [0.15, 0.2) is 55.1 Å². The number of benzene rings is 2. The lowest BCUT2D eigenvalue weighted by Crippen LogP contribution is -2.31. The Labute approximate surface area is 230 Å². The van der Waals surface area contributed by atoms with Gasteiger partial charge in [0.05, 0.1) is 37.7 Å². The molecule has 2 aromatic carbocycles. The number of methoxy groups -OCH3 is 1. The number of hydrogen-bond donors (Lipinski definition) is 3. The number of aliphatic hydroxyl groups excluding tert-OH is 1. The third kappa shape index (κ3) is 7.01. The first kappa shape index (κ1) is 27.3. The largest absolute Gasteiger partial charge is 0.493 e. The van der Waals surface area contributed by atoms with E-state index >= 15 is 0 Å². The number of ether oxygens (including phenoxy) is 2. The van der Waals surface area contributed by atoms with Crippen molar-refractivity contribution in [2.45, 2.75) is 31.8 Å². The van der Waals surface area contributed by atoms with Gasteiger partial charge in [-0.2, -0.15) is 5.10 Å². The summed E-state index contributed by atoms with van der Waals surface area (Å²) in [5, 5.41) is 20.1. The summed E-state index contributed by atoms with van der Waals surface area (Å²) in [7, 11) is 1.58. The van der Waals surface area contributed by atoms with Crippen molar-refractivity contribution in [3.05, 3.63) is 60.9 Å². The number of nitrogens with zero attached hydrogens (tertiary/aromatic N) is 5. The number of aliphatic hydroxyl groups is 1. The summed E-state index contributed by atoms with van der Waals surface area (Å²) in [5.74, 6) is 0.938. The Bertz CT molecular complexity index is 1460. The van der Waals surface area contributed by atoms with Crippen LogP contribution in [-0.2, 0) is 11.3 Å². The van der Waals surface area contributed by atoms with Gasteiger partial charge in [0.1, 0.15) is 24.5 Å². The van der Waals surface area contributed by atoms with Crippen molar-refractivity contribution in [1.29, 1.82) is 0 Å². The van der Waals surface area contributed by atoms with Gasteiger partial charge >= 0.3 is 0 Å². The van der Waals surface area contributed by atoms with Crippen molar-refractivity contribution >= 4 is 34.0 Å². The molecule has 1 aliphatic carbocycles. The van der Waals surface area contributed by atoms with Crippen LogP contribution in [0.3, 0.4) is 0 Å². The molecule has 1 aliphatic rings. The molecule has 2 heterocycles. The van der Waals surface area contributed by atoms with Crippen molar-refractivity contribution in [1.82, 2.24) is 24.6 Å². The Balaban J connectivity index is 1.22. The third-order valence-corrected chi connectivity index (χ3v) is 6.53. The molecule has 1 fully saturated rings. The van der Waals surface area contributed by atoms with E-state index in [1.165, 1.54) is 42.0 Å². The van der Waals surface area contributed by atoms with Crippen LogP contribution in [0.5, 0.6) is 11.5 Å². The number of fused-ring (bicyclic) bond motifs is 1. The Hall–Kier alpha value is -4.29. The molecule has 2 aromatic heterocycles. The van der Waals surface area contributed by atoms with E-state index in [4.69, 9.17) is 9.47 Å². The van der Waals surface area contributed by atoms with Crippen LogP contribution < -0.4 is 20.1 Å². The van der Waals surface area contributed by atoms with E-state index in [9.17, 15) is 14.3 Å². The van der Waals surface area contributed by atoms with E-state index < -0.39 is 5.82 Å². The monoisotopic (exact) mass is 549 g/mol. The Morgan fingerprint density at radius 1 is 1.18 bits per heavy atom. The molecule has 11 nitrogen and oxygen atoms in total. The number of rotatable bonds is 14. The molecule has 0 atom stereocenters. The van der Waals surface area contributed by atoms with Crippen LogP contribution in [0, 0.1) is 5.82 Å². The van der Waals surface area contributed by atoms with Gasteiger partial charge in [0.2, 0.25) is 5.91 Å². The number of nitrogens with one attached hydrogen (secondary N) is 2. The Morgan fingerprint density at radius 3 is 2.83 bits per heavy atom. The van der Waals surface area contributed by atoms with Gasteiger partial charge in [0.25, 0.3) is 0 Å². The summed E-state index contributed by atoms with van der Waals surface area (Å²) in [6, 6.07) is 9.95. The summed E-state index contributed by atoms with van der Waals surface area (Å²) in [5.41, 5.74) is 1.68. The molecule has 0 aliphatic heterocycles. The third-order valence-electron chi connectivity index (χ3n) is 6.53. The van der Waals surface area contributed by atoms with Gasteiger partial charge in [0, 0.05) is 42.5 Å². The molecule has 210 valence electrons. The highest BCUT2D eigenvalue weighted by atomic mass is 19.1. The first-order chi connectivity index (χ1) is 19.5. The van der Waals surface area contributed by atoms with Crippen LogP contribution >= 0.6 is 0 Å². The van der Waals surface area contributed by atoms with Crippen LogP contribution in [0.25, 0.3) is 10.9 Å². The van der Waals surface area contributed by atoms with Crippen LogP contribution in [0.2, 0.25) is 0 Å². The second kappa shape index (κ2) is 12.7. The fourth-order valence-corrected chi connectivity index (χ4v) is 4.50. The van der Waals surface area contributed by atoms with Gasteiger partial charge in [-0.05, 0) is 43.5 Å². The molecule has 1 amide bonds. The number of hydrogen-bond acceptors (Lipinski definition) is 9. The van der Waals surface area contributed by atoms with Gasteiger partial charge in [-0.1, -0.05) is 6.07 Å². The second-order valence-corrected chi connectivity index (χ2v) is 9.55. The standard InChI is InChI=1S/C28H32FN7O4/c1-39-25-13-23-24(14-26(25)40-11-3-8-35(9-10-37)22-6-7-22)30-18-31-28(23)34-21-15-32-36(16-21)17-27(38)33-20-5-2-4-19(29)12-20/h2,4-5,12-16,18,22,37H,3,6-11,17H2,1H3,(H,33,38)(H,30,31,34). The van der Waals surface area contributed by atoms with Crippen molar-refractivity contribution in [3.8, 4) is 11.5 Å². The SMILES string of the molecule is COc1cc2c(Nc3cnn(CC(=O)Nc4cccc(F)c4)c3)ncnc2cc1OCCCN(CCO)C1CC1. The van der Waals surface area contributed by atoms with E-state index in [0.29, 0.717) is 53.4 Å². The highest BCUT2D eigenvalue weighted by Crippen LogP contribution is 2.35. The first-order valence-corrected chi connectivity index (χ1v) is 13.2. The summed E-state index contributed by atoms with van der Waals surface area (Å²) in [6.45, 7) is 2.20. The smallest absolute Gasteiger partial charge is 0.246 e. The minimum atomic E-state index is -0.426. The number of carbonyl (C=O) groups is 1. The average molecular weight is 550 g/mol. The molecule has 1 saturated carbocycles. The maximum atomic E-state index is 13.4. The number of amides is 1. The van der Waals surface area contributed by atoms with Gasteiger partial charge in [-0.25, -0.2) is 14.4 Å². The highest BCUT2D eigenvalue weighted by Gasteiger charge is 2.28. The first-order valence-electron chi connectivity index (χ1n) is 13.2. The van der Waals surface area contributed by atoms with Gasteiger partial charge in [0.15, 0.2) is 11.5 Å². The Morgan fingerprint density at radius 2 is 2.05 bits per heavy atom. The number of anilines is 3. The molecular weight excluding hydrogens is 517 g/mol. The van der Waals surface area contributed by atoms with E-state index in [2.05, 4.69) is 30.6 Å². The molecule has 5 rings (SSSR count). The molecule has 0 radical (unpaired) electrons. The van der Waals surface area contributed by atoms with Crippen molar-refractivity contribution in [2.75, 3.05) is 44.0 Å². The van der Waals surface area contributed by atoms with E-state index in [1.54, 1.807) is 25.6 Å².